The summed E-state index contributed by atoms with van der Waals surface area (Å²) < 4.78 is 10.4. The van der Waals surface area contributed by atoms with Crippen LogP contribution < -0.4 is 4.74 Å². The van der Waals surface area contributed by atoms with Gasteiger partial charge in [-0.2, -0.15) is 4.98 Å². The molecule has 8 heteroatoms. The molecule has 0 fully saturated rings. The van der Waals surface area contributed by atoms with Gasteiger partial charge in [0.2, 0.25) is 11.7 Å². The molecule has 0 aliphatic carbocycles. The fourth-order valence-corrected chi connectivity index (χ4v) is 2.81. The Kier molecular flexibility index (Phi) is 5.44. The Morgan fingerprint density at radius 2 is 1.92 bits per heavy atom. The van der Waals surface area contributed by atoms with Gasteiger partial charge in [0.25, 0.3) is 5.91 Å². The van der Waals surface area contributed by atoms with E-state index in [0.717, 1.165) is 11.3 Å². The van der Waals surface area contributed by atoms with Gasteiger partial charge in [-0.15, -0.1) is 0 Å². The third kappa shape index (κ3) is 3.98. The van der Waals surface area contributed by atoms with Crippen LogP contribution in [0.2, 0.25) is 10.0 Å². The van der Waals surface area contributed by atoms with E-state index in [0.29, 0.717) is 27.3 Å². The molecule has 0 spiro atoms. The molecule has 0 N–H and O–H groups in total. The summed E-state index contributed by atoms with van der Waals surface area (Å²) in [6, 6.07) is 12.0. The molecule has 0 unspecified atom stereocenters. The summed E-state index contributed by atoms with van der Waals surface area (Å²) in [6.45, 7) is 0.154. The summed E-state index contributed by atoms with van der Waals surface area (Å²) in [5, 5.41) is 4.71. The Balaban J connectivity index is 1.72. The summed E-state index contributed by atoms with van der Waals surface area (Å²) in [5.41, 5.74) is 1.14. The quantitative estimate of drug-likeness (QED) is 0.647. The molecule has 2 aromatic carbocycles. The van der Waals surface area contributed by atoms with Gasteiger partial charge in [0.05, 0.1) is 24.2 Å². The number of aromatic nitrogens is 2. The van der Waals surface area contributed by atoms with Crippen LogP contribution in [0.25, 0.3) is 11.4 Å². The zero-order valence-electron chi connectivity index (χ0n) is 14.1. The van der Waals surface area contributed by atoms with E-state index in [-0.39, 0.29) is 12.5 Å². The molecular formula is C18H15Cl2N3O3. The molecule has 3 aromatic rings. The van der Waals surface area contributed by atoms with Gasteiger partial charge in [0, 0.05) is 17.6 Å². The first-order chi connectivity index (χ1) is 12.5. The highest BCUT2D eigenvalue weighted by molar-refractivity contribution is 6.36. The molecule has 1 aromatic heterocycles. The highest BCUT2D eigenvalue weighted by Crippen LogP contribution is 2.23. The summed E-state index contributed by atoms with van der Waals surface area (Å²) in [4.78, 5) is 18.3. The van der Waals surface area contributed by atoms with E-state index in [9.17, 15) is 4.79 Å². The van der Waals surface area contributed by atoms with Crippen molar-refractivity contribution in [1.82, 2.24) is 15.0 Å². The number of benzene rings is 2. The van der Waals surface area contributed by atoms with Crippen molar-refractivity contribution in [2.24, 2.45) is 0 Å². The van der Waals surface area contributed by atoms with Crippen molar-refractivity contribution in [2.45, 2.75) is 6.54 Å². The average molecular weight is 392 g/mol. The number of halogens is 2. The van der Waals surface area contributed by atoms with Crippen molar-refractivity contribution in [2.75, 3.05) is 14.2 Å². The Morgan fingerprint density at radius 1 is 1.19 bits per heavy atom. The molecular weight excluding hydrogens is 377 g/mol. The van der Waals surface area contributed by atoms with Gasteiger partial charge in [-0.1, -0.05) is 28.4 Å². The lowest BCUT2D eigenvalue weighted by atomic mass is 10.2. The second kappa shape index (κ2) is 7.76. The minimum absolute atomic E-state index is 0.154. The van der Waals surface area contributed by atoms with Crippen molar-refractivity contribution in [3.05, 3.63) is 64.0 Å². The minimum Gasteiger partial charge on any atom is -0.497 e. The predicted octanol–water partition coefficient (Wildman–Crippen LogP) is 4.32. The van der Waals surface area contributed by atoms with Crippen LogP contribution in [0.4, 0.5) is 0 Å². The van der Waals surface area contributed by atoms with Gasteiger partial charge in [-0.25, -0.2) is 0 Å². The van der Waals surface area contributed by atoms with E-state index in [2.05, 4.69) is 10.1 Å². The molecule has 6 nitrogen and oxygen atoms in total. The number of hydrogen-bond acceptors (Lipinski definition) is 5. The second-order valence-corrected chi connectivity index (χ2v) is 6.37. The van der Waals surface area contributed by atoms with Crippen molar-refractivity contribution >= 4 is 29.1 Å². The maximum atomic E-state index is 12.5. The molecule has 0 aliphatic rings. The Labute approximate surface area is 160 Å². The van der Waals surface area contributed by atoms with Crippen LogP contribution in [-0.4, -0.2) is 35.1 Å². The predicted molar refractivity (Wildman–Crippen MR) is 98.5 cm³/mol. The number of rotatable bonds is 5. The topological polar surface area (TPSA) is 68.5 Å². The first-order valence-corrected chi connectivity index (χ1v) is 8.41. The van der Waals surface area contributed by atoms with E-state index in [1.807, 2.05) is 24.3 Å². The minimum atomic E-state index is -0.268. The van der Waals surface area contributed by atoms with Crippen LogP contribution in [0.1, 0.15) is 16.2 Å². The zero-order chi connectivity index (χ0) is 18.7. The lowest BCUT2D eigenvalue weighted by molar-refractivity contribution is 0.0770. The van der Waals surface area contributed by atoms with Crippen molar-refractivity contribution < 1.29 is 14.1 Å². The highest BCUT2D eigenvalue weighted by Gasteiger charge is 2.18. The molecule has 134 valence electrons. The molecule has 1 amide bonds. The molecule has 26 heavy (non-hydrogen) atoms. The fourth-order valence-electron chi connectivity index (χ4n) is 2.32. The van der Waals surface area contributed by atoms with Crippen molar-refractivity contribution in [1.29, 1.82) is 0 Å². The summed E-state index contributed by atoms with van der Waals surface area (Å²) in [5.74, 6) is 1.23. The van der Waals surface area contributed by atoms with Crippen molar-refractivity contribution in [3.8, 4) is 17.1 Å². The smallest absolute Gasteiger partial charge is 0.255 e. The summed E-state index contributed by atoms with van der Waals surface area (Å²) >= 11 is 11.9. The second-order valence-electron chi connectivity index (χ2n) is 5.53. The average Bonchev–Trinajstić information content (AvgIpc) is 3.09. The van der Waals surface area contributed by atoms with Crippen LogP contribution >= 0.6 is 23.2 Å². The van der Waals surface area contributed by atoms with Crippen molar-refractivity contribution in [3.63, 3.8) is 0 Å². The van der Waals surface area contributed by atoms with E-state index >= 15 is 0 Å². The molecule has 0 saturated heterocycles. The fraction of sp³-hybridized carbons (Fsp3) is 0.167. The lowest BCUT2D eigenvalue weighted by Gasteiger charge is -2.15. The van der Waals surface area contributed by atoms with Gasteiger partial charge in [0.1, 0.15) is 5.75 Å². The van der Waals surface area contributed by atoms with Gasteiger partial charge >= 0.3 is 0 Å². The zero-order valence-corrected chi connectivity index (χ0v) is 15.6. The van der Waals surface area contributed by atoms with E-state index in [1.54, 1.807) is 26.3 Å². The molecule has 0 aliphatic heterocycles. The molecule has 0 bridgehead atoms. The number of carbonyl (C=O) groups is 1. The van der Waals surface area contributed by atoms with Gasteiger partial charge < -0.3 is 14.2 Å². The van der Waals surface area contributed by atoms with Gasteiger partial charge in [-0.05, 0) is 42.5 Å². The first-order valence-electron chi connectivity index (χ1n) is 7.65. The number of hydrogen-bond donors (Lipinski definition) is 0. The van der Waals surface area contributed by atoms with E-state index < -0.39 is 0 Å². The van der Waals surface area contributed by atoms with Crippen LogP contribution in [0.3, 0.4) is 0 Å². The van der Waals surface area contributed by atoms with E-state index in [4.69, 9.17) is 32.5 Å². The van der Waals surface area contributed by atoms with Crippen LogP contribution in [0, 0.1) is 0 Å². The summed E-state index contributed by atoms with van der Waals surface area (Å²) in [7, 11) is 3.23. The summed E-state index contributed by atoms with van der Waals surface area (Å²) in [6.07, 6.45) is 0. The Bertz CT molecular complexity index is 926. The van der Waals surface area contributed by atoms with Crippen LogP contribution in [0.15, 0.2) is 47.0 Å². The van der Waals surface area contributed by atoms with E-state index in [1.165, 1.54) is 11.0 Å². The SMILES string of the molecule is COc1ccc(-c2noc(CN(C)C(=O)c3ccc(Cl)cc3Cl)n2)cc1. The standard InChI is InChI=1S/C18H15Cl2N3O3/c1-23(18(24)14-8-5-12(19)9-15(14)20)10-16-21-17(22-26-16)11-3-6-13(25-2)7-4-11/h3-9H,10H2,1-2H3. The molecule has 3 rings (SSSR count). The maximum absolute atomic E-state index is 12.5. The number of methoxy groups -OCH3 is 1. The van der Waals surface area contributed by atoms with Crippen LogP contribution in [0.5, 0.6) is 5.75 Å². The number of nitrogens with zero attached hydrogens (tertiary/aromatic N) is 3. The normalized spacial score (nSPS) is 10.6. The van der Waals surface area contributed by atoms with Crippen LogP contribution in [-0.2, 0) is 6.54 Å². The largest absolute Gasteiger partial charge is 0.497 e. The molecule has 0 radical (unpaired) electrons. The lowest BCUT2D eigenvalue weighted by Crippen LogP contribution is -2.26. The number of ether oxygens (including phenoxy) is 1. The number of carbonyl (C=O) groups excluding carboxylic acids is 1. The third-order valence-electron chi connectivity index (χ3n) is 3.70. The maximum Gasteiger partial charge on any atom is 0.255 e. The first kappa shape index (κ1) is 18.2. The van der Waals surface area contributed by atoms with Gasteiger partial charge in [0.15, 0.2) is 0 Å². The Morgan fingerprint density at radius 3 is 2.58 bits per heavy atom. The number of amides is 1. The monoisotopic (exact) mass is 391 g/mol. The Hall–Kier alpha value is -2.57. The molecule has 0 saturated carbocycles. The van der Waals surface area contributed by atoms with Gasteiger partial charge in [-0.3, -0.25) is 4.79 Å². The molecule has 0 atom stereocenters. The molecule has 1 heterocycles. The third-order valence-corrected chi connectivity index (χ3v) is 4.24. The highest BCUT2D eigenvalue weighted by atomic mass is 35.5.